The summed E-state index contributed by atoms with van der Waals surface area (Å²) in [5.74, 6) is -1.61. The van der Waals surface area contributed by atoms with Crippen molar-refractivity contribution in [3.8, 4) is 0 Å². The van der Waals surface area contributed by atoms with Crippen LogP contribution in [0.1, 0.15) is 15.9 Å². The molecular weight excluding hydrogens is 272 g/mol. The van der Waals surface area contributed by atoms with E-state index in [4.69, 9.17) is 5.11 Å². The van der Waals surface area contributed by atoms with Crippen molar-refractivity contribution in [1.82, 2.24) is 4.98 Å². The number of anilines is 1. The van der Waals surface area contributed by atoms with E-state index in [1.807, 2.05) is 6.92 Å². The minimum Gasteiger partial charge on any atom is -0.480 e. The summed E-state index contributed by atoms with van der Waals surface area (Å²) in [6.45, 7) is 1.44. The van der Waals surface area contributed by atoms with Crippen molar-refractivity contribution in [1.29, 1.82) is 0 Å². The van der Waals surface area contributed by atoms with Gasteiger partial charge in [0.25, 0.3) is 5.91 Å². The number of aromatic amines is 1. The van der Waals surface area contributed by atoms with Crippen LogP contribution in [0.5, 0.6) is 0 Å². The molecular formula is C15H14N2O4. The number of rotatable bonds is 4. The standard InChI is InChI=1S/C15H14N2O4/c1-10-2-5-12(6-3-10)17(9-14(19)20)15(21)11-4-7-13(18)16-8-11/h2-8H,9H2,1H3,(H,16,18)(H,19,20). The Hall–Kier alpha value is -2.89. The van der Waals surface area contributed by atoms with Crippen LogP contribution in [0.3, 0.4) is 0 Å². The van der Waals surface area contributed by atoms with Gasteiger partial charge in [-0.2, -0.15) is 0 Å². The third-order valence-electron chi connectivity index (χ3n) is 2.92. The number of carbonyl (C=O) groups is 2. The first-order valence-electron chi connectivity index (χ1n) is 6.26. The van der Waals surface area contributed by atoms with E-state index < -0.39 is 18.4 Å². The third-order valence-corrected chi connectivity index (χ3v) is 2.92. The van der Waals surface area contributed by atoms with Gasteiger partial charge in [0.15, 0.2) is 0 Å². The van der Waals surface area contributed by atoms with Crippen molar-refractivity contribution >= 4 is 17.6 Å². The van der Waals surface area contributed by atoms with E-state index in [9.17, 15) is 14.4 Å². The molecule has 6 heteroatoms. The smallest absolute Gasteiger partial charge is 0.323 e. The number of aryl methyl sites for hydroxylation is 1. The molecule has 0 saturated carbocycles. The number of aromatic nitrogens is 1. The van der Waals surface area contributed by atoms with Gasteiger partial charge in [0, 0.05) is 18.0 Å². The summed E-state index contributed by atoms with van der Waals surface area (Å²) in [7, 11) is 0. The van der Waals surface area contributed by atoms with Gasteiger partial charge >= 0.3 is 5.97 Å². The van der Waals surface area contributed by atoms with Gasteiger partial charge in [-0.25, -0.2) is 0 Å². The van der Waals surface area contributed by atoms with Crippen molar-refractivity contribution in [2.24, 2.45) is 0 Å². The summed E-state index contributed by atoms with van der Waals surface area (Å²) < 4.78 is 0. The van der Waals surface area contributed by atoms with Crippen LogP contribution in [0.15, 0.2) is 47.4 Å². The molecule has 0 spiro atoms. The minimum atomic E-state index is -1.12. The van der Waals surface area contributed by atoms with Gasteiger partial charge in [-0.05, 0) is 25.1 Å². The number of amides is 1. The van der Waals surface area contributed by atoms with Crippen molar-refractivity contribution in [3.05, 3.63) is 64.1 Å². The lowest BCUT2D eigenvalue weighted by Gasteiger charge is -2.21. The Morgan fingerprint density at radius 2 is 1.81 bits per heavy atom. The summed E-state index contributed by atoms with van der Waals surface area (Å²) in [6.07, 6.45) is 1.27. The van der Waals surface area contributed by atoms with Crippen LogP contribution in [-0.4, -0.2) is 28.5 Å². The number of H-pyrrole nitrogens is 1. The highest BCUT2D eigenvalue weighted by Gasteiger charge is 2.20. The number of aliphatic carboxylic acids is 1. The predicted octanol–water partition coefficient (Wildman–Crippen LogP) is 1.41. The van der Waals surface area contributed by atoms with Crippen LogP contribution >= 0.6 is 0 Å². The largest absolute Gasteiger partial charge is 0.480 e. The molecule has 0 aliphatic rings. The summed E-state index contributed by atoms with van der Waals surface area (Å²) in [4.78, 5) is 38.0. The number of pyridine rings is 1. The number of carboxylic acids is 1. The van der Waals surface area contributed by atoms with E-state index in [0.29, 0.717) is 5.69 Å². The number of nitrogens with zero attached hydrogens (tertiary/aromatic N) is 1. The van der Waals surface area contributed by atoms with Gasteiger partial charge in [-0.15, -0.1) is 0 Å². The predicted molar refractivity (Wildman–Crippen MR) is 77.6 cm³/mol. The summed E-state index contributed by atoms with van der Waals surface area (Å²) in [5.41, 5.74) is 1.38. The number of benzene rings is 1. The summed E-state index contributed by atoms with van der Waals surface area (Å²) in [6, 6.07) is 9.55. The van der Waals surface area contributed by atoms with Gasteiger partial charge in [0.2, 0.25) is 5.56 Å². The lowest BCUT2D eigenvalue weighted by Crippen LogP contribution is -2.36. The van der Waals surface area contributed by atoms with Gasteiger partial charge in [0.1, 0.15) is 6.54 Å². The molecule has 1 amide bonds. The highest BCUT2D eigenvalue weighted by molar-refractivity contribution is 6.07. The van der Waals surface area contributed by atoms with E-state index in [-0.39, 0.29) is 11.1 Å². The maximum atomic E-state index is 12.4. The van der Waals surface area contributed by atoms with Crippen molar-refractivity contribution in [2.45, 2.75) is 6.92 Å². The van der Waals surface area contributed by atoms with Crippen molar-refractivity contribution < 1.29 is 14.7 Å². The lowest BCUT2D eigenvalue weighted by molar-refractivity contribution is -0.135. The van der Waals surface area contributed by atoms with E-state index in [2.05, 4.69) is 4.98 Å². The number of carbonyl (C=O) groups excluding carboxylic acids is 1. The van der Waals surface area contributed by atoms with Gasteiger partial charge in [-0.1, -0.05) is 17.7 Å². The highest BCUT2D eigenvalue weighted by Crippen LogP contribution is 2.17. The molecule has 0 bridgehead atoms. The van der Waals surface area contributed by atoms with Crippen LogP contribution in [0, 0.1) is 6.92 Å². The molecule has 0 aliphatic heterocycles. The summed E-state index contributed by atoms with van der Waals surface area (Å²) >= 11 is 0. The average molecular weight is 286 g/mol. The van der Waals surface area contributed by atoms with E-state index in [1.165, 1.54) is 18.3 Å². The van der Waals surface area contributed by atoms with Crippen molar-refractivity contribution in [2.75, 3.05) is 11.4 Å². The number of hydrogen-bond acceptors (Lipinski definition) is 3. The monoisotopic (exact) mass is 286 g/mol. The zero-order valence-corrected chi connectivity index (χ0v) is 11.4. The van der Waals surface area contributed by atoms with Crippen molar-refractivity contribution in [3.63, 3.8) is 0 Å². The third kappa shape index (κ3) is 3.56. The van der Waals surface area contributed by atoms with Gasteiger partial charge in [-0.3, -0.25) is 19.3 Å². The minimum absolute atomic E-state index is 0.219. The Morgan fingerprint density at radius 3 is 2.33 bits per heavy atom. The quantitative estimate of drug-likeness (QED) is 0.889. The Morgan fingerprint density at radius 1 is 1.14 bits per heavy atom. The SMILES string of the molecule is Cc1ccc(N(CC(=O)O)C(=O)c2ccc(=O)[nH]c2)cc1. The molecule has 1 aromatic carbocycles. The first kappa shape index (κ1) is 14.5. The fourth-order valence-corrected chi connectivity index (χ4v) is 1.84. The Bertz CT molecular complexity index is 699. The first-order valence-corrected chi connectivity index (χ1v) is 6.26. The topological polar surface area (TPSA) is 90.5 Å². The van der Waals surface area contributed by atoms with Gasteiger partial charge in [0.05, 0.1) is 5.56 Å². The van der Waals surface area contributed by atoms with Crippen LogP contribution < -0.4 is 10.5 Å². The molecule has 2 N–H and O–H groups in total. The maximum absolute atomic E-state index is 12.4. The fraction of sp³-hybridized carbons (Fsp3) is 0.133. The molecule has 108 valence electrons. The van der Waals surface area contributed by atoms with E-state index in [0.717, 1.165) is 10.5 Å². The Kier molecular flexibility index (Phi) is 4.18. The average Bonchev–Trinajstić information content (AvgIpc) is 2.46. The molecule has 0 unspecified atom stereocenters. The second-order valence-electron chi connectivity index (χ2n) is 4.56. The molecule has 2 aromatic rings. The molecule has 6 nitrogen and oxygen atoms in total. The van der Waals surface area contributed by atoms with Crippen LogP contribution in [0.2, 0.25) is 0 Å². The highest BCUT2D eigenvalue weighted by atomic mass is 16.4. The second kappa shape index (κ2) is 6.04. The number of carboxylic acid groups (broad SMARTS) is 1. The first-order chi connectivity index (χ1) is 9.97. The summed E-state index contributed by atoms with van der Waals surface area (Å²) in [5, 5.41) is 8.99. The molecule has 0 atom stereocenters. The molecule has 0 saturated heterocycles. The molecule has 0 radical (unpaired) electrons. The molecule has 21 heavy (non-hydrogen) atoms. The zero-order chi connectivity index (χ0) is 15.4. The molecule has 1 heterocycles. The lowest BCUT2D eigenvalue weighted by atomic mass is 10.2. The van der Waals surface area contributed by atoms with Crippen LogP contribution in [0.25, 0.3) is 0 Å². The van der Waals surface area contributed by atoms with E-state index in [1.54, 1.807) is 24.3 Å². The maximum Gasteiger partial charge on any atom is 0.323 e. The van der Waals surface area contributed by atoms with Gasteiger partial charge < -0.3 is 10.1 Å². The molecule has 0 aliphatic carbocycles. The second-order valence-corrected chi connectivity index (χ2v) is 4.56. The van der Waals surface area contributed by atoms with Crippen LogP contribution in [-0.2, 0) is 4.79 Å². The normalized spacial score (nSPS) is 10.1. The number of hydrogen-bond donors (Lipinski definition) is 2. The van der Waals surface area contributed by atoms with Crippen LogP contribution in [0.4, 0.5) is 5.69 Å². The molecule has 2 rings (SSSR count). The fourth-order valence-electron chi connectivity index (χ4n) is 1.84. The zero-order valence-electron chi connectivity index (χ0n) is 11.4. The Labute approximate surface area is 120 Å². The molecule has 1 aromatic heterocycles. The molecule has 0 fully saturated rings. The number of nitrogens with one attached hydrogen (secondary N) is 1. The Balaban J connectivity index is 2.37. The van der Waals surface area contributed by atoms with E-state index >= 15 is 0 Å².